The average molecular weight is 368 g/mol. The standard InChI is InChI=1S/C14H10ClN3O5S/c15-9-3-5-10(6-4-9)24(20,21)8-12(19)16-14-18-17-13(23-14)11-2-1-7-22-11/h1-7H,8H2,(H,16,18,19). The van der Waals surface area contributed by atoms with E-state index < -0.39 is 21.5 Å². The second-order valence-electron chi connectivity index (χ2n) is 4.65. The van der Waals surface area contributed by atoms with Gasteiger partial charge in [0.05, 0.1) is 11.2 Å². The molecule has 3 rings (SSSR count). The summed E-state index contributed by atoms with van der Waals surface area (Å²) in [5.41, 5.74) is 0. The molecule has 8 nitrogen and oxygen atoms in total. The fourth-order valence-corrected chi connectivity index (χ4v) is 3.09. The lowest BCUT2D eigenvalue weighted by molar-refractivity contribution is -0.114. The number of nitrogens with one attached hydrogen (secondary N) is 1. The monoisotopic (exact) mass is 367 g/mol. The fraction of sp³-hybridized carbons (Fsp3) is 0.0714. The van der Waals surface area contributed by atoms with Crippen molar-refractivity contribution in [3.05, 3.63) is 47.7 Å². The number of hydrogen-bond acceptors (Lipinski definition) is 7. The Hall–Kier alpha value is -2.65. The number of carbonyl (C=O) groups excluding carboxylic acids is 1. The van der Waals surface area contributed by atoms with Crippen molar-refractivity contribution in [2.24, 2.45) is 0 Å². The molecule has 24 heavy (non-hydrogen) atoms. The zero-order valence-corrected chi connectivity index (χ0v) is 13.5. The van der Waals surface area contributed by atoms with Crippen LogP contribution in [0.2, 0.25) is 5.02 Å². The maximum Gasteiger partial charge on any atom is 0.322 e. The van der Waals surface area contributed by atoms with Crippen molar-refractivity contribution in [2.75, 3.05) is 11.1 Å². The third-order valence-electron chi connectivity index (χ3n) is 2.90. The van der Waals surface area contributed by atoms with Crippen LogP contribution in [0.3, 0.4) is 0 Å². The van der Waals surface area contributed by atoms with E-state index >= 15 is 0 Å². The van der Waals surface area contributed by atoms with E-state index in [1.54, 1.807) is 12.1 Å². The topological polar surface area (TPSA) is 115 Å². The highest BCUT2D eigenvalue weighted by molar-refractivity contribution is 7.92. The Kier molecular flexibility index (Phi) is 4.36. The molecule has 0 bridgehead atoms. The Morgan fingerprint density at radius 1 is 1.17 bits per heavy atom. The number of aromatic nitrogens is 2. The molecule has 10 heteroatoms. The zero-order valence-electron chi connectivity index (χ0n) is 12.0. The van der Waals surface area contributed by atoms with Crippen LogP contribution in [-0.2, 0) is 14.6 Å². The third kappa shape index (κ3) is 3.63. The third-order valence-corrected chi connectivity index (χ3v) is 4.78. The molecule has 0 aliphatic heterocycles. The van der Waals surface area contributed by atoms with Crippen molar-refractivity contribution < 1.29 is 22.0 Å². The molecule has 0 aliphatic rings. The van der Waals surface area contributed by atoms with Crippen LogP contribution < -0.4 is 5.32 Å². The van der Waals surface area contributed by atoms with Crippen LogP contribution in [0.5, 0.6) is 0 Å². The second kappa shape index (κ2) is 6.46. The molecule has 0 radical (unpaired) electrons. The zero-order chi connectivity index (χ0) is 17.2. The van der Waals surface area contributed by atoms with Crippen molar-refractivity contribution in [1.82, 2.24) is 10.2 Å². The lowest BCUT2D eigenvalue weighted by Crippen LogP contribution is -2.23. The van der Waals surface area contributed by atoms with Gasteiger partial charge in [0.1, 0.15) is 5.75 Å². The highest BCUT2D eigenvalue weighted by Crippen LogP contribution is 2.20. The smallest absolute Gasteiger partial charge is 0.322 e. The number of furan rings is 1. The number of nitrogens with zero attached hydrogens (tertiary/aromatic N) is 2. The molecule has 2 aromatic heterocycles. The van der Waals surface area contributed by atoms with E-state index in [2.05, 4.69) is 15.5 Å². The minimum atomic E-state index is -3.81. The minimum Gasteiger partial charge on any atom is -0.459 e. The van der Waals surface area contributed by atoms with E-state index in [-0.39, 0.29) is 16.8 Å². The van der Waals surface area contributed by atoms with Crippen LogP contribution >= 0.6 is 11.6 Å². The van der Waals surface area contributed by atoms with Gasteiger partial charge in [-0.3, -0.25) is 10.1 Å². The van der Waals surface area contributed by atoms with Gasteiger partial charge in [0.25, 0.3) is 5.89 Å². The number of benzene rings is 1. The van der Waals surface area contributed by atoms with E-state index in [4.69, 9.17) is 20.4 Å². The summed E-state index contributed by atoms with van der Waals surface area (Å²) in [5, 5.41) is 9.93. The molecule has 0 unspecified atom stereocenters. The predicted octanol–water partition coefficient (Wildman–Crippen LogP) is 2.40. The molecular weight excluding hydrogens is 358 g/mol. The molecule has 1 amide bonds. The van der Waals surface area contributed by atoms with Gasteiger partial charge in [0.15, 0.2) is 15.6 Å². The predicted molar refractivity (Wildman–Crippen MR) is 84.1 cm³/mol. The van der Waals surface area contributed by atoms with Crippen LogP contribution in [0.1, 0.15) is 0 Å². The summed E-state index contributed by atoms with van der Waals surface area (Å²) >= 11 is 5.71. The summed E-state index contributed by atoms with van der Waals surface area (Å²) in [6.07, 6.45) is 1.43. The van der Waals surface area contributed by atoms with Gasteiger partial charge in [-0.15, -0.1) is 5.10 Å². The van der Waals surface area contributed by atoms with Gasteiger partial charge in [-0.1, -0.05) is 16.7 Å². The number of carbonyl (C=O) groups is 1. The fourth-order valence-electron chi connectivity index (χ4n) is 1.83. The summed E-state index contributed by atoms with van der Waals surface area (Å²) in [7, 11) is -3.81. The van der Waals surface area contributed by atoms with E-state index in [1.807, 2.05) is 0 Å². The van der Waals surface area contributed by atoms with Crippen LogP contribution in [0.15, 0.2) is 56.4 Å². The van der Waals surface area contributed by atoms with Gasteiger partial charge in [-0.05, 0) is 36.4 Å². The molecule has 0 saturated carbocycles. The molecule has 0 spiro atoms. The number of halogens is 1. The first-order chi connectivity index (χ1) is 11.4. The molecule has 0 saturated heterocycles. The minimum absolute atomic E-state index is 0.0103. The van der Waals surface area contributed by atoms with Crippen molar-refractivity contribution in [3.63, 3.8) is 0 Å². The summed E-state index contributed by atoms with van der Waals surface area (Å²) < 4.78 is 34.5. The number of anilines is 1. The second-order valence-corrected chi connectivity index (χ2v) is 7.08. The summed E-state index contributed by atoms with van der Waals surface area (Å²) in [4.78, 5) is 11.9. The Labute approximate surface area is 141 Å². The molecule has 0 atom stereocenters. The number of amides is 1. The number of rotatable bonds is 5. The molecule has 3 aromatic rings. The number of sulfone groups is 1. The molecule has 2 heterocycles. The van der Waals surface area contributed by atoms with E-state index in [1.165, 1.54) is 30.5 Å². The van der Waals surface area contributed by atoms with Crippen molar-refractivity contribution >= 4 is 33.4 Å². The molecule has 1 N–H and O–H groups in total. The van der Waals surface area contributed by atoms with Gasteiger partial charge >= 0.3 is 6.01 Å². The van der Waals surface area contributed by atoms with Crippen LogP contribution in [0.4, 0.5) is 6.01 Å². The SMILES string of the molecule is O=C(CS(=O)(=O)c1ccc(Cl)cc1)Nc1nnc(-c2ccco2)o1. The summed E-state index contributed by atoms with van der Waals surface area (Å²) in [6.45, 7) is 0. The Bertz CT molecular complexity index is 949. The van der Waals surface area contributed by atoms with Gasteiger partial charge in [0.2, 0.25) is 5.91 Å². The number of hydrogen-bond donors (Lipinski definition) is 1. The highest BCUT2D eigenvalue weighted by Gasteiger charge is 2.21. The van der Waals surface area contributed by atoms with Gasteiger partial charge < -0.3 is 8.83 Å². The Balaban J connectivity index is 1.68. The summed E-state index contributed by atoms with van der Waals surface area (Å²) in [6, 6.07) is 8.53. The molecule has 0 aliphatic carbocycles. The average Bonchev–Trinajstić information content (AvgIpc) is 3.17. The van der Waals surface area contributed by atoms with Gasteiger partial charge in [-0.2, -0.15) is 0 Å². The maximum atomic E-state index is 12.2. The Morgan fingerprint density at radius 2 is 1.92 bits per heavy atom. The van der Waals surface area contributed by atoms with Crippen molar-refractivity contribution in [3.8, 4) is 11.7 Å². The van der Waals surface area contributed by atoms with E-state index in [9.17, 15) is 13.2 Å². The normalized spacial score (nSPS) is 11.4. The van der Waals surface area contributed by atoms with E-state index in [0.29, 0.717) is 10.8 Å². The lowest BCUT2D eigenvalue weighted by Gasteiger charge is -2.04. The summed E-state index contributed by atoms with van der Waals surface area (Å²) in [5.74, 6) is -1.18. The van der Waals surface area contributed by atoms with Crippen molar-refractivity contribution in [2.45, 2.75) is 4.90 Å². The van der Waals surface area contributed by atoms with Crippen LogP contribution in [0.25, 0.3) is 11.7 Å². The van der Waals surface area contributed by atoms with E-state index in [0.717, 1.165) is 0 Å². The maximum absolute atomic E-state index is 12.2. The molecule has 124 valence electrons. The van der Waals surface area contributed by atoms with Gasteiger partial charge in [0, 0.05) is 5.02 Å². The Morgan fingerprint density at radius 3 is 2.58 bits per heavy atom. The first-order valence-corrected chi connectivity index (χ1v) is 8.63. The molecule has 1 aromatic carbocycles. The first kappa shape index (κ1) is 16.2. The molecule has 0 fully saturated rings. The first-order valence-electron chi connectivity index (χ1n) is 6.59. The lowest BCUT2D eigenvalue weighted by atomic mass is 10.4. The van der Waals surface area contributed by atoms with Crippen LogP contribution in [0, 0.1) is 0 Å². The molecular formula is C14H10ClN3O5S. The van der Waals surface area contributed by atoms with Crippen molar-refractivity contribution in [1.29, 1.82) is 0 Å². The highest BCUT2D eigenvalue weighted by atomic mass is 35.5. The van der Waals surface area contributed by atoms with Gasteiger partial charge in [-0.25, -0.2) is 8.42 Å². The largest absolute Gasteiger partial charge is 0.459 e. The quantitative estimate of drug-likeness (QED) is 0.736. The van der Waals surface area contributed by atoms with Crippen LogP contribution in [-0.4, -0.2) is 30.3 Å².